The van der Waals surface area contributed by atoms with E-state index in [4.69, 9.17) is 15.2 Å². The van der Waals surface area contributed by atoms with E-state index in [0.717, 1.165) is 11.3 Å². The first-order chi connectivity index (χ1) is 10.0. The van der Waals surface area contributed by atoms with E-state index in [1.807, 2.05) is 38.1 Å². The normalized spacial score (nSPS) is 12.0. The molecule has 0 aliphatic heterocycles. The molecule has 112 valence electrons. The average Bonchev–Trinajstić information content (AvgIpc) is 2.46. The van der Waals surface area contributed by atoms with Crippen molar-refractivity contribution < 1.29 is 14.6 Å². The summed E-state index contributed by atoms with van der Waals surface area (Å²) >= 11 is 0. The van der Waals surface area contributed by atoms with Crippen molar-refractivity contribution in [2.75, 3.05) is 18.9 Å². The Labute approximate surface area is 125 Å². The number of nitrogen functional groups attached to an aromatic ring is 1. The molecule has 2 aromatic rings. The van der Waals surface area contributed by atoms with Gasteiger partial charge in [0.05, 0.1) is 0 Å². The maximum atomic E-state index is 9.88. The summed E-state index contributed by atoms with van der Waals surface area (Å²) in [6.07, 6.45) is -0.701. The minimum atomic E-state index is -0.701. The quantitative estimate of drug-likeness (QED) is 0.802. The molecule has 0 radical (unpaired) electrons. The highest BCUT2D eigenvalue weighted by atomic mass is 16.5. The Morgan fingerprint density at radius 3 is 2.24 bits per heavy atom. The van der Waals surface area contributed by atoms with Gasteiger partial charge < -0.3 is 20.3 Å². The number of rotatable bonds is 6. The Bertz CT molecular complexity index is 598. The summed E-state index contributed by atoms with van der Waals surface area (Å²) in [4.78, 5) is 0. The van der Waals surface area contributed by atoms with Crippen LogP contribution in [0.5, 0.6) is 11.5 Å². The van der Waals surface area contributed by atoms with Crippen molar-refractivity contribution >= 4 is 5.69 Å². The van der Waals surface area contributed by atoms with Gasteiger partial charge in [0.15, 0.2) is 0 Å². The molecule has 2 aromatic carbocycles. The Kier molecular flexibility index (Phi) is 5.06. The highest BCUT2D eigenvalue weighted by Gasteiger charge is 2.07. The molecule has 0 heterocycles. The fourth-order valence-corrected chi connectivity index (χ4v) is 1.84. The van der Waals surface area contributed by atoms with Crippen molar-refractivity contribution in [1.82, 2.24) is 0 Å². The second-order valence-corrected chi connectivity index (χ2v) is 5.09. The first-order valence-corrected chi connectivity index (χ1v) is 6.91. The second kappa shape index (κ2) is 6.99. The fraction of sp³-hybridized carbons (Fsp3) is 0.294. The van der Waals surface area contributed by atoms with Crippen LogP contribution in [0.1, 0.15) is 11.1 Å². The van der Waals surface area contributed by atoms with Crippen LogP contribution in [0, 0.1) is 13.8 Å². The Morgan fingerprint density at radius 1 is 0.952 bits per heavy atom. The molecule has 1 unspecified atom stereocenters. The summed E-state index contributed by atoms with van der Waals surface area (Å²) in [6.45, 7) is 4.42. The lowest BCUT2D eigenvalue weighted by Crippen LogP contribution is -2.25. The molecule has 0 aliphatic carbocycles. The number of hydrogen-bond acceptors (Lipinski definition) is 4. The van der Waals surface area contributed by atoms with Gasteiger partial charge in [0.25, 0.3) is 0 Å². The summed E-state index contributed by atoms with van der Waals surface area (Å²) < 4.78 is 11.0. The molecule has 0 fully saturated rings. The van der Waals surface area contributed by atoms with Crippen molar-refractivity contribution in [3.63, 3.8) is 0 Å². The molecule has 0 amide bonds. The van der Waals surface area contributed by atoms with Gasteiger partial charge in [0.2, 0.25) is 0 Å². The molecule has 0 aliphatic rings. The number of aliphatic hydroxyl groups excluding tert-OH is 1. The first kappa shape index (κ1) is 15.2. The lowest BCUT2D eigenvalue weighted by atomic mass is 10.1. The zero-order chi connectivity index (χ0) is 15.2. The van der Waals surface area contributed by atoms with Crippen LogP contribution in [0.2, 0.25) is 0 Å². The summed E-state index contributed by atoms with van der Waals surface area (Å²) in [6, 6.07) is 13.0. The Hall–Kier alpha value is -2.20. The Balaban J connectivity index is 1.79. The molecule has 3 N–H and O–H groups in total. The van der Waals surface area contributed by atoms with Crippen molar-refractivity contribution in [2.24, 2.45) is 0 Å². The highest BCUT2D eigenvalue weighted by Crippen LogP contribution is 2.17. The third kappa shape index (κ3) is 4.68. The maximum Gasteiger partial charge on any atom is 0.122 e. The number of nitrogens with two attached hydrogens (primary N) is 1. The van der Waals surface area contributed by atoms with E-state index in [9.17, 15) is 5.11 Å². The average molecular weight is 287 g/mol. The van der Waals surface area contributed by atoms with Crippen molar-refractivity contribution in [2.45, 2.75) is 20.0 Å². The molecule has 0 aromatic heterocycles. The van der Waals surface area contributed by atoms with Crippen LogP contribution < -0.4 is 15.2 Å². The lowest BCUT2D eigenvalue weighted by Gasteiger charge is -2.14. The van der Waals surface area contributed by atoms with Crippen LogP contribution in [-0.2, 0) is 0 Å². The van der Waals surface area contributed by atoms with E-state index < -0.39 is 6.10 Å². The number of hydrogen-bond donors (Lipinski definition) is 2. The van der Waals surface area contributed by atoms with Gasteiger partial charge >= 0.3 is 0 Å². The summed E-state index contributed by atoms with van der Waals surface area (Å²) in [5, 5.41) is 9.88. The Morgan fingerprint density at radius 2 is 1.62 bits per heavy atom. The number of anilines is 1. The van der Waals surface area contributed by atoms with Gasteiger partial charge in [-0.2, -0.15) is 0 Å². The largest absolute Gasteiger partial charge is 0.491 e. The van der Waals surface area contributed by atoms with Gasteiger partial charge in [0.1, 0.15) is 30.8 Å². The maximum absolute atomic E-state index is 9.88. The molecule has 4 nitrogen and oxygen atoms in total. The topological polar surface area (TPSA) is 64.7 Å². The minimum absolute atomic E-state index is 0.161. The van der Waals surface area contributed by atoms with Gasteiger partial charge in [-0.15, -0.1) is 0 Å². The molecule has 0 bridgehead atoms. The zero-order valence-electron chi connectivity index (χ0n) is 12.4. The van der Waals surface area contributed by atoms with E-state index >= 15 is 0 Å². The number of benzene rings is 2. The lowest BCUT2D eigenvalue weighted by molar-refractivity contribution is 0.0626. The summed E-state index contributed by atoms with van der Waals surface area (Å²) in [7, 11) is 0. The highest BCUT2D eigenvalue weighted by molar-refractivity contribution is 5.43. The monoisotopic (exact) mass is 287 g/mol. The summed E-state index contributed by atoms with van der Waals surface area (Å²) in [5.41, 5.74) is 8.67. The van der Waals surface area contributed by atoms with Gasteiger partial charge in [-0.05, 0) is 49.2 Å². The zero-order valence-corrected chi connectivity index (χ0v) is 12.4. The summed E-state index contributed by atoms with van der Waals surface area (Å²) in [5.74, 6) is 1.39. The van der Waals surface area contributed by atoms with E-state index in [2.05, 4.69) is 0 Å². The van der Waals surface area contributed by atoms with Crippen molar-refractivity contribution in [3.05, 3.63) is 53.6 Å². The molecule has 21 heavy (non-hydrogen) atoms. The predicted octanol–water partition coefficient (Wildman–Crippen LogP) is 2.70. The van der Waals surface area contributed by atoms with Crippen LogP contribution in [0.25, 0.3) is 0 Å². The number of aliphatic hydroxyl groups is 1. The van der Waals surface area contributed by atoms with Crippen LogP contribution >= 0.6 is 0 Å². The van der Waals surface area contributed by atoms with E-state index in [-0.39, 0.29) is 13.2 Å². The van der Waals surface area contributed by atoms with E-state index in [0.29, 0.717) is 11.4 Å². The van der Waals surface area contributed by atoms with Crippen molar-refractivity contribution in [3.8, 4) is 11.5 Å². The molecule has 0 saturated heterocycles. The van der Waals surface area contributed by atoms with Gasteiger partial charge in [-0.25, -0.2) is 0 Å². The first-order valence-electron chi connectivity index (χ1n) is 6.91. The van der Waals surface area contributed by atoms with Crippen LogP contribution in [0.15, 0.2) is 42.5 Å². The number of aryl methyl sites for hydroxylation is 2. The van der Waals surface area contributed by atoms with Crippen LogP contribution in [0.3, 0.4) is 0 Å². The van der Waals surface area contributed by atoms with Crippen molar-refractivity contribution in [1.29, 1.82) is 0 Å². The second-order valence-electron chi connectivity index (χ2n) is 5.09. The molecule has 0 saturated carbocycles. The molecular weight excluding hydrogens is 266 g/mol. The predicted molar refractivity (Wildman–Crippen MR) is 83.8 cm³/mol. The molecule has 4 heteroatoms. The van der Waals surface area contributed by atoms with Gasteiger partial charge in [-0.3, -0.25) is 0 Å². The molecule has 2 rings (SSSR count). The molecule has 0 spiro atoms. The molecular formula is C17H21NO3. The fourth-order valence-electron chi connectivity index (χ4n) is 1.84. The van der Waals surface area contributed by atoms with Gasteiger partial charge in [-0.1, -0.05) is 12.1 Å². The van der Waals surface area contributed by atoms with E-state index in [1.54, 1.807) is 18.2 Å². The van der Waals surface area contributed by atoms with Gasteiger partial charge in [0, 0.05) is 11.8 Å². The third-order valence-electron chi connectivity index (χ3n) is 3.22. The SMILES string of the molecule is Cc1ccc(OCC(O)COc2cccc(N)c2)cc1C. The van der Waals surface area contributed by atoms with Crippen LogP contribution in [0.4, 0.5) is 5.69 Å². The minimum Gasteiger partial charge on any atom is -0.491 e. The van der Waals surface area contributed by atoms with Crippen LogP contribution in [-0.4, -0.2) is 24.4 Å². The smallest absolute Gasteiger partial charge is 0.122 e. The molecule has 1 atom stereocenters. The van der Waals surface area contributed by atoms with E-state index in [1.165, 1.54) is 5.56 Å². The third-order valence-corrected chi connectivity index (χ3v) is 3.22. The standard InChI is InChI=1S/C17H21NO3/c1-12-6-7-17(8-13(12)2)21-11-15(19)10-20-16-5-3-4-14(18)9-16/h3-9,15,19H,10-11,18H2,1-2H3. The number of ether oxygens (including phenoxy) is 2.